The monoisotopic (exact) mass is 227 g/mol. The van der Waals surface area contributed by atoms with Gasteiger partial charge in [-0.25, -0.2) is 0 Å². The number of nitrogens with two attached hydrogens (primary N) is 1. The fraction of sp³-hybridized carbons (Fsp3) is 0. The molecule has 0 aromatic heterocycles. The Morgan fingerprint density at radius 2 is 1.53 bits per heavy atom. The molecule has 0 unspecified atom stereocenters. The van der Waals surface area contributed by atoms with Crippen LogP contribution < -0.4 is 16.6 Å². The number of hydrogen-bond acceptors (Lipinski definition) is 3. The normalized spacial score (nSPS) is 14.1. The van der Waals surface area contributed by atoms with Gasteiger partial charge in [0.05, 0.1) is 0 Å². The molecule has 0 bridgehead atoms. The quantitative estimate of drug-likeness (QED) is 0.582. The summed E-state index contributed by atoms with van der Waals surface area (Å²) in [6.07, 6.45) is 0. The lowest BCUT2D eigenvalue weighted by Gasteiger charge is -2.07. The van der Waals surface area contributed by atoms with E-state index in [4.69, 9.17) is 5.73 Å². The number of nitrogens with one attached hydrogen (secondary N) is 2. The first-order chi connectivity index (χ1) is 8.18. The second kappa shape index (κ2) is 3.21. The molecule has 0 atom stereocenters. The Hall–Kier alpha value is -2.56. The molecule has 17 heavy (non-hydrogen) atoms. The summed E-state index contributed by atoms with van der Waals surface area (Å²) in [5, 5.41) is 1.31. The summed E-state index contributed by atoms with van der Waals surface area (Å²) in [5.41, 5.74) is 12.0. The van der Waals surface area contributed by atoms with Gasteiger partial charge < -0.3 is 5.73 Å². The third-order valence-corrected chi connectivity index (χ3v) is 2.85. The zero-order chi connectivity index (χ0) is 12.0. The fourth-order valence-corrected chi connectivity index (χ4v) is 2.06. The van der Waals surface area contributed by atoms with Gasteiger partial charge in [-0.05, 0) is 18.2 Å². The third-order valence-electron chi connectivity index (χ3n) is 2.85. The number of carbonyl (C=O) groups excluding carboxylic acids is 2. The van der Waals surface area contributed by atoms with E-state index in [-0.39, 0.29) is 11.8 Å². The van der Waals surface area contributed by atoms with Gasteiger partial charge in [0.25, 0.3) is 11.8 Å². The van der Waals surface area contributed by atoms with Crippen LogP contribution in [-0.4, -0.2) is 11.8 Å². The van der Waals surface area contributed by atoms with Gasteiger partial charge in [0.2, 0.25) is 0 Å². The van der Waals surface area contributed by atoms with Gasteiger partial charge in [-0.3, -0.25) is 20.4 Å². The first-order valence-corrected chi connectivity index (χ1v) is 5.10. The van der Waals surface area contributed by atoms with E-state index < -0.39 is 0 Å². The molecular formula is C12H9N3O2. The molecule has 4 N–H and O–H groups in total. The molecule has 1 aliphatic rings. The first-order valence-electron chi connectivity index (χ1n) is 5.10. The largest absolute Gasteiger partial charge is 0.398 e. The standard InChI is InChI=1S/C12H9N3O2/c13-9-5-4-8-10-6(9)2-1-3-7(10)11(16)14-15-12(8)17/h1-5H,13H2,(H,14,16)(H,15,17). The predicted molar refractivity (Wildman–Crippen MR) is 63.3 cm³/mol. The van der Waals surface area contributed by atoms with Crippen molar-refractivity contribution in [1.82, 2.24) is 10.9 Å². The van der Waals surface area contributed by atoms with Crippen molar-refractivity contribution < 1.29 is 9.59 Å². The van der Waals surface area contributed by atoms with Crippen LogP contribution in [0.2, 0.25) is 0 Å². The molecule has 3 rings (SSSR count). The first kappa shape index (κ1) is 9.65. The van der Waals surface area contributed by atoms with Crippen molar-refractivity contribution in [1.29, 1.82) is 0 Å². The Morgan fingerprint density at radius 1 is 0.882 bits per heavy atom. The van der Waals surface area contributed by atoms with E-state index in [2.05, 4.69) is 10.9 Å². The molecule has 0 spiro atoms. The Bertz CT molecular complexity index is 642. The van der Waals surface area contributed by atoms with Gasteiger partial charge in [0, 0.05) is 27.6 Å². The summed E-state index contributed by atoms with van der Waals surface area (Å²) in [7, 11) is 0. The van der Waals surface area contributed by atoms with E-state index in [0.29, 0.717) is 27.6 Å². The lowest BCUT2D eigenvalue weighted by Crippen LogP contribution is -2.39. The van der Waals surface area contributed by atoms with E-state index in [9.17, 15) is 9.59 Å². The van der Waals surface area contributed by atoms with Crippen LogP contribution in [0.15, 0.2) is 30.3 Å². The van der Waals surface area contributed by atoms with Crippen LogP contribution in [0.5, 0.6) is 0 Å². The highest BCUT2D eigenvalue weighted by Gasteiger charge is 2.21. The van der Waals surface area contributed by atoms with Crippen LogP contribution in [0.4, 0.5) is 5.69 Å². The maximum atomic E-state index is 11.8. The van der Waals surface area contributed by atoms with Gasteiger partial charge in [-0.2, -0.15) is 0 Å². The van der Waals surface area contributed by atoms with Crippen LogP contribution >= 0.6 is 0 Å². The maximum Gasteiger partial charge on any atom is 0.270 e. The summed E-state index contributed by atoms with van der Waals surface area (Å²) in [5.74, 6) is -0.679. The van der Waals surface area contributed by atoms with E-state index in [0.717, 1.165) is 0 Å². The van der Waals surface area contributed by atoms with Crippen molar-refractivity contribution in [2.75, 3.05) is 5.73 Å². The maximum absolute atomic E-state index is 11.8. The molecule has 5 nitrogen and oxygen atoms in total. The minimum Gasteiger partial charge on any atom is -0.398 e. The third kappa shape index (κ3) is 1.25. The van der Waals surface area contributed by atoms with Crippen LogP contribution in [0.1, 0.15) is 20.7 Å². The number of nitrogen functional groups attached to an aromatic ring is 1. The fourth-order valence-electron chi connectivity index (χ4n) is 2.06. The zero-order valence-electron chi connectivity index (χ0n) is 8.78. The molecule has 2 amide bonds. The molecule has 5 heteroatoms. The summed E-state index contributed by atoms with van der Waals surface area (Å²) >= 11 is 0. The van der Waals surface area contributed by atoms with E-state index >= 15 is 0 Å². The summed E-state index contributed by atoms with van der Waals surface area (Å²) in [4.78, 5) is 23.6. The van der Waals surface area contributed by atoms with Crippen molar-refractivity contribution in [3.05, 3.63) is 41.5 Å². The van der Waals surface area contributed by atoms with Gasteiger partial charge in [0.1, 0.15) is 0 Å². The van der Waals surface area contributed by atoms with Crippen molar-refractivity contribution in [3.63, 3.8) is 0 Å². The highest BCUT2D eigenvalue weighted by atomic mass is 16.2. The molecule has 1 heterocycles. The Balaban J connectivity index is 2.53. The van der Waals surface area contributed by atoms with Gasteiger partial charge >= 0.3 is 0 Å². The second-order valence-corrected chi connectivity index (χ2v) is 3.84. The average molecular weight is 227 g/mol. The van der Waals surface area contributed by atoms with Crippen molar-refractivity contribution in [3.8, 4) is 0 Å². The number of amides is 2. The summed E-state index contributed by atoms with van der Waals surface area (Å²) < 4.78 is 0. The van der Waals surface area contributed by atoms with Crippen molar-refractivity contribution in [2.24, 2.45) is 0 Å². The molecule has 1 aliphatic heterocycles. The van der Waals surface area contributed by atoms with Gasteiger partial charge in [-0.15, -0.1) is 0 Å². The molecule has 0 saturated heterocycles. The molecule has 0 fully saturated rings. The molecule has 0 saturated carbocycles. The zero-order valence-corrected chi connectivity index (χ0v) is 8.78. The minimum atomic E-state index is -0.340. The van der Waals surface area contributed by atoms with Crippen LogP contribution in [-0.2, 0) is 0 Å². The van der Waals surface area contributed by atoms with Crippen LogP contribution in [0, 0.1) is 0 Å². The minimum absolute atomic E-state index is 0.340. The lowest BCUT2D eigenvalue weighted by atomic mass is 9.97. The predicted octanol–water partition coefficient (Wildman–Crippen LogP) is 0.810. The average Bonchev–Trinajstić information content (AvgIpc) is 2.46. The summed E-state index contributed by atoms with van der Waals surface area (Å²) in [6, 6.07) is 8.49. The van der Waals surface area contributed by atoms with E-state index in [1.165, 1.54) is 0 Å². The van der Waals surface area contributed by atoms with E-state index in [1.807, 2.05) is 0 Å². The Labute approximate surface area is 96.6 Å². The molecule has 2 aromatic carbocycles. The highest BCUT2D eigenvalue weighted by molar-refractivity contribution is 6.20. The second-order valence-electron chi connectivity index (χ2n) is 3.84. The number of benzene rings is 2. The SMILES string of the molecule is Nc1ccc2c3c(cccc13)C(=O)NNC2=O. The highest BCUT2D eigenvalue weighted by Crippen LogP contribution is 2.28. The lowest BCUT2D eigenvalue weighted by molar-refractivity contribution is 0.0854. The molecular weight excluding hydrogens is 218 g/mol. The summed E-state index contributed by atoms with van der Waals surface area (Å²) in [6.45, 7) is 0. The Morgan fingerprint density at radius 3 is 2.24 bits per heavy atom. The van der Waals surface area contributed by atoms with Crippen molar-refractivity contribution in [2.45, 2.75) is 0 Å². The molecule has 0 aliphatic carbocycles. The molecule has 84 valence electrons. The topological polar surface area (TPSA) is 84.2 Å². The molecule has 0 radical (unpaired) electrons. The van der Waals surface area contributed by atoms with E-state index in [1.54, 1.807) is 30.3 Å². The van der Waals surface area contributed by atoms with Gasteiger partial charge in [0.15, 0.2) is 0 Å². The number of anilines is 1. The van der Waals surface area contributed by atoms with Crippen LogP contribution in [0.25, 0.3) is 10.8 Å². The Kier molecular flexibility index (Phi) is 1.82. The van der Waals surface area contributed by atoms with Crippen LogP contribution in [0.3, 0.4) is 0 Å². The van der Waals surface area contributed by atoms with Crippen molar-refractivity contribution >= 4 is 28.3 Å². The number of hydrogen-bond donors (Lipinski definition) is 3. The smallest absolute Gasteiger partial charge is 0.270 e. The number of hydrazine groups is 1. The number of rotatable bonds is 0. The number of carbonyl (C=O) groups is 2. The van der Waals surface area contributed by atoms with Gasteiger partial charge in [-0.1, -0.05) is 12.1 Å². The molecule has 2 aromatic rings.